The van der Waals surface area contributed by atoms with Crippen LogP contribution in [0.2, 0.25) is 0 Å². The first-order chi connectivity index (χ1) is 34.5. The molecule has 3 fully saturated rings. The number of aliphatic hydroxyl groups excluding tert-OH is 4. The molecule has 73 heavy (non-hydrogen) atoms. The zero-order valence-corrected chi connectivity index (χ0v) is 45.0. The molecule has 17 nitrogen and oxygen atoms in total. The topological polar surface area (TPSA) is 253 Å². The number of hydrogen-bond donors (Lipinski definition) is 5. The third-order valence-electron chi connectivity index (χ3n) is 16.0. The van der Waals surface area contributed by atoms with E-state index in [-0.39, 0.29) is 61.7 Å². The molecule has 0 aromatic heterocycles. The van der Waals surface area contributed by atoms with Crippen molar-refractivity contribution in [2.75, 3.05) is 40.6 Å². The number of nitrogens with zero attached hydrogens (tertiary/aromatic N) is 1. The van der Waals surface area contributed by atoms with Crippen LogP contribution in [-0.4, -0.2) is 155 Å². The number of fused-ring (bicyclic) bond motifs is 3. The van der Waals surface area contributed by atoms with Gasteiger partial charge >= 0.3 is 11.9 Å². The lowest BCUT2D eigenvalue weighted by atomic mass is 9.78. The summed E-state index contributed by atoms with van der Waals surface area (Å²) in [5.41, 5.74) is -0.315. The summed E-state index contributed by atoms with van der Waals surface area (Å²) in [5, 5.41) is 53.5. The highest BCUT2D eigenvalue weighted by molar-refractivity contribution is 6.39. The Hall–Kier alpha value is -3.94. The molecule has 2 saturated heterocycles. The predicted molar refractivity (Wildman–Crippen MR) is 271 cm³/mol. The average Bonchev–Trinajstić information content (AvgIpc) is 3.37. The van der Waals surface area contributed by atoms with E-state index in [2.05, 4.69) is 0 Å². The summed E-state index contributed by atoms with van der Waals surface area (Å²) in [5.74, 6) is -9.92. The van der Waals surface area contributed by atoms with Crippen LogP contribution in [0.4, 0.5) is 0 Å². The molecule has 412 valence electrons. The van der Waals surface area contributed by atoms with Crippen LogP contribution >= 0.6 is 0 Å². The number of ketones is 3. The van der Waals surface area contributed by atoms with Crippen LogP contribution in [0.15, 0.2) is 47.6 Å². The van der Waals surface area contributed by atoms with Crippen LogP contribution in [-0.2, 0) is 52.5 Å². The Morgan fingerprint density at radius 2 is 1.58 bits per heavy atom. The lowest BCUT2D eigenvalue weighted by Crippen LogP contribution is -2.60. The number of hydrogen-bond acceptors (Lipinski definition) is 16. The smallest absolute Gasteiger partial charge is 0.329 e. The van der Waals surface area contributed by atoms with Crippen LogP contribution in [0.1, 0.15) is 132 Å². The molecule has 5 N–H and O–H groups in total. The van der Waals surface area contributed by atoms with Gasteiger partial charge < -0.3 is 54.1 Å². The average molecular weight is 1030 g/mol. The molecule has 3 heterocycles. The van der Waals surface area contributed by atoms with Crippen LogP contribution in [0.5, 0.6) is 0 Å². The molecule has 2 unspecified atom stereocenters. The van der Waals surface area contributed by atoms with Gasteiger partial charge in [-0.3, -0.25) is 24.0 Å². The van der Waals surface area contributed by atoms with E-state index >= 15 is 0 Å². The summed E-state index contributed by atoms with van der Waals surface area (Å²) < 4.78 is 29.5. The number of carbonyl (C=O) groups is 6. The number of allylic oxidation sites excluding steroid dienone is 6. The molecule has 1 saturated carbocycles. The number of methoxy groups -OCH3 is 2. The van der Waals surface area contributed by atoms with Crippen molar-refractivity contribution in [3.05, 3.63) is 47.6 Å². The Balaban J connectivity index is 1.69. The first-order valence-electron chi connectivity index (χ1n) is 26.5. The second kappa shape index (κ2) is 28.3. The highest BCUT2D eigenvalue weighted by Crippen LogP contribution is 2.39. The standard InChI is InChI=1S/C56H87NO16/c1-33-16-12-11-13-17-34(2)41(30-58)28-42-21-19-39(7)56(68,73-42)51(64)52(65)57-23-15-14-18-43(57)53(66)71-46(29-44(61)35(3)25-38(6)49(63)50(70-10)48(62)37(5)24-33)36(4)26-40-20-22-45(47(27-40)69-9)72-54(67)55(8,31-59)32-60/h11-13,16-17,25,33,35-37,39-43,45-47,49-50,58-60,63,68H,14-15,18-24,26-32H2,1-10H3/b13-11+,16-12+,34-17+,38-25+/t33-,35-,36?,37-,39-,40?,41-,42+,43+,45-,46+,47-,49-,50+,56-/m1/s1. The summed E-state index contributed by atoms with van der Waals surface area (Å²) in [6.45, 7) is 12.4. The van der Waals surface area contributed by atoms with Gasteiger partial charge in [0.25, 0.3) is 11.7 Å². The van der Waals surface area contributed by atoms with E-state index in [1.165, 1.54) is 21.1 Å². The minimum absolute atomic E-state index is 0.0223. The first kappa shape index (κ1) is 61.6. The lowest BCUT2D eigenvalue weighted by molar-refractivity contribution is -0.265. The maximum Gasteiger partial charge on any atom is 0.329 e. The molecule has 0 radical (unpaired) electrons. The largest absolute Gasteiger partial charge is 0.460 e. The number of piperidine rings is 1. The summed E-state index contributed by atoms with van der Waals surface area (Å²) in [7, 11) is 2.85. The lowest BCUT2D eigenvalue weighted by Gasteiger charge is -2.43. The Morgan fingerprint density at radius 3 is 2.22 bits per heavy atom. The Bertz CT molecular complexity index is 2010. The maximum absolute atomic E-state index is 14.5. The predicted octanol–water partition coefficient (Wildman–Crippen LogP) is 5.32. The Morgan fingerprint density at radius 1 is 0.877 bits per heavy atom. The molecule has 4 aliphatic rings. The van der Waals surface area contributed by atoms with E-state index in [1.807, 2.05) is 51.2 Å². The van der Waals surface area contributed by atoms with Crippen molar-refractivity contribution < 1.29 is 78.0 Å². The molecule has 15 atom stereocenters. The highest BCUT2D eigenvalue weighted by Gasteiger charge is 2.53. The summed E-state index contributed by atoms with van der Waals surface area (Å²) in [4.78, 5) is 85.3. The third-order valence-corrected chi connectivity index (χ3v) is 16.0. The zero-order valence-electron chi connectivity index (χ0n) is 45.0. The van der Waals surface area contributed by atoms with Crippen molar-refractivity contribution in [2.24, 2.45) is 46.8 Å². The molecule has 0 spiro atoms. The molecule has 2 bridgehead atoms. The van der Waals surface area contributed by atoms with E-state index < -0.39 is 114 Å². The van der Waals surface area contributed by atoms with Crippen LogP contribution < -0.4 is 0 Å². The second-order valence-electron chi connectivity index (χ2n) is 22.0. The van der Waals surface area contributed by atoms with E-state index in [0.717, 1.165) is 10.5 Å². The molecule has 0 aromatic rings. The number of carbonyl (C=O) groups excluding carboxylic acids is 6. The molecule has 1 aliphatic carbocycles. The van der Waals surface area contributed by atoms with Crippen LogP contribution in [0.25, 0.3) is 0 Å². The van der Waals surface area contributed by atoms with Crippen molar-refractivity contribution in [3.8, 4) is 0 Å². The van der Waals surface area contributed by atoms with Crippen molar-refractivity contribution in [1.82, 2.24) is 4.90 Å². The normalized spacial score (nSPS) is 37.4. The number of amides is 1. The fourth-order valence-corrected chi connectivity index (χ4v) is 10.7. The van der Waals surface area contributed by atoms with Crippen LogP contribution in [0, 0.1) is 46.8 Å². The number of Topliss-reactive ketones (excluding diaryl/α,β-unsaturated/α-hetero) is 3. The van der Waals surface area contributed by atoms with Gasteiger partial charge in [-0.05, 0) is 115 Å². The molecule has 3 aliphatic heterocycles. The number of cyclic esters (lactones) is 1. The fourth-order valence-electron chi connectivity index (χ4n) is 10.7. The number of esters is 2. The highest BCUT2D eigenvalue weighted by atomic mass is 16.6. The van der Waals surface area contributed by atoms with Gasteiger partial charge in [0.15, 0.2) is 5.78 Å². The molecule has 4 rings (SSSR count). The van der Waals surface area contributed by atoms with E-state index in [1.54, 1.807) is 33.8 Å². The van der Waals surface area contributed by atoms with Gasteiger partial charge in [-0.15, -0.1) is 0 Å². The van der Waals surface area contributed by atoms with Gasteiger partial charge in [-0.25, -0.2) is 4.79 Å². The maximum atomic E-state index is 14.5. The molecule has 17 heteroatoms. The summed E-state index contributed by atoms with van der Waals surface area (Å²) in [6, 6.07) is -1.21. The van der Waals surface area contributed by atoms with Gasteiger partial charge in [-0.2, -0.15) is 0 Å². The monoisotopic (exact) mass is 1030 g/mol. The van der Waals surface area contributed by atoms with Crippen molar-refractivity contribution in [3.63, 3.8) is 0 Å². The third kappa shape index (κ3) is 16.0. The fraction of sp³-hybridized carbons (Fsp3) is 0.750. The quantitative estimate of drug-likeness (QED) is 0.106. The molecular weight excluding hydrogens is 943 g/mol. The van der Waals surface area contributed by atoms with Gasteiger partial charge in [0.2, 0.25) is 5.79 Å². The van der Waals surface area contributed by atoms with Gasteiger partial charge in [-0.1, -0.05) is 76.6 Å². The van der Waals surface area contributed by atoms with Gasteiger partial charge in [0.05, 0.1) is 25.4 Å². The number of ether oxygens (including phenoxy) is 5. The van der Waals surface area contributed by atoms with E-state index in [4.69, 9.17) is 23.7 Å². The molecular formula is C56H87NO16. The zero-order chi connectivity index (χ0) is 54.4. The minimum atomic E-state index is -2.49. The van der Waals surface area contributed by atoms with Crippen molar-refractivity contribution in [2.45, 2.75) is 181 Å². The van der Waals surface area contributed by atoms with E-state index in [9.17, 15) is 54.3 Å². The van der Waals surface area contributed by atoms with Crippen molar-refractivity contribution in [1.29, 1.82) is 0 Å². The first-order valence-corrected chi connectivity index (χ1v) is 26.5. The molecule has 1 amide bonds. The Kier molecular flexibility index (Phi) is 23.9. The minimum Gasteiger partial charge on any atom is -0.460 e. The summed E-state index contributed by atoms with van der Waals surface area (Å²) in [6.07, 6.45) is 9.84. The van der Waals surface area contributed by atoms with Gasteiger partial charge in [0.1, 0.15) is 41.7 Å². The van der Waals surface area contributed by atoms with E-state index in [0.29, 0.717) is 63.4 Å². The van der Waals surface area contributed by atoms with Crippen LogP contribution in [0.3, 0.4) is 0 Å². The van der Waals surface area contributed by atoms with Crippen molar-refractivity contribution >= 4 is 35.2 Å². The second-order valence-corrected chi connectivity index (χ2v) is 22.0. The summed E-state index contributed by atoms with van der Waals surface area (Å²) >= 11 is 0. The Labute approximate surface area is 432 Å². The molecule has 0 aromatic carbocycles. The number of aliphatic hydroxyl groups is 5. The van der Waals surface area contributed by atoms with Gasteiger partial charge in [0, 0.05) is 57.5 Å². The SMILES string of the molecule is CO[C@@H]1CC(CC(C)[C@@H]2CC(=O)[C@H](C)/C=C(\C)[C@@H](O)[C@@H](OC)C(=O)[C@H](C)C[C@H](C)/C=C/C=C/C=C(\C)[C@@H](CO)C[C@@H]3CC[C@@H](C)[C@@](O)(O3)C(=O)C(=O)N3CCCC[C@H]3C(=O)O2)CC[C@H]1OC(=O)C(C)(CO)CO. The number of rotatable bonds is 10.